The quantitative estimate of drug-likeness (QED) is 0.492. The zero-order valence-electron chi connectivity index (χ0n) is 19.8. The Hall–Kier alpha value is -3.56. The number of nitrogens with one attached hydrogen (secondary N) is 1. The lowest BCUT2D eigenvalue weighted by Gasteiger charge is -2.19. The fourth-order valence-electron chi connectivity index (χ4n) is 3.35. The van der Waals surface area contributed by atoms with Gasteiger partial charge in [0.1, 0.15) is 17.2 Å². The monoisotopic (exact) mass is 484 g/mol. The van der Waals surface area contributed by atoms with Gasteiger partial charge in [-0.2, -0.15) is 4.31 Å². The van der Waals surface area contributed by atoms with Crippen LogP contribution in [0, 0.1) is 6.92 Å². The van der Waals surface area contributed by atoms with Gasteiger partial charge in [0.25, 0.3) is 5.91 Å². The molecular weight excluding hydrogens is 456 g/mol. The molecule has 3 rings (SSSR count). The summed E-state index contributed by atoms with van der Waals surface area (Å²) < 4.78 is 43.2. The van der Waals surface area contributed by atoms with Crippen LogP contribution in [0.2, 0.25) is 0 Å². The first-order chi connectivity index (χ1) is 16.2. The highest BCUT2D eigenvalue weighted by atomic mass is 32.2. The molecular formula is C25H28N2O6S. The van der Waals surface area contributed by atoms with Gasteiger partial charge in [-0.05, 0) is 49.4 Å². The summed E-state index contributed by atoms with van der Waals surface area (Å²) in [6.07, 6.45) is 0. The fourth-order valence-corrected chi connectivity index (χ4v) is 4.50. The lowest BCUT2D eigenvalue weighted by Crippen LogP contribution is -2.27. The molecule has 0 aliphatic carbocycles. The van der Waals surface area contributed by atoms with E-state index in [0.29, 0.717) is 34.1 Å². The van der Waals surface area contributed by atoms with Crippen molar-refractivity contribution in [1.82, 2.24) is 4.31 Å². The Bertz CT molecular complexity index is 1270. The van der Waals surface area contributed by atoms with Gasteiger partial charge in [0, 0.05) is 30.8 Å². The zero-order chi connectivity index (χ0) is 24.9. The number of hydrogen-bond donors (Lipinski definition) is 1. The number of carbonyl (C=O) groups excluding carboxylic acids is 1. The molecule has 3 aromatic rings. The molecule has 0 aliphatic heterocycles. The van der Waals surface area contributed by atoms with Gasteiger partial charge < -0.3 is 19.5 Å². The molecule has 34 heavy (non-hydrogen) atoms. The number of rotatable bonds is 9. The van der Waals surface area contributed by atoms with Crippen LogP contribution in [0.25, 0.3) is 0 Å². The first kappa shape index (κ1) is 25.1. The number of hydrogen-bond acceptors (Lipinski definition) is 6. The lowest BCUT2D eigenvalue weighted by molar-refractivity contribution is 0.102. The van der Waals surface area contributed by atoms with Gasteiger partial charge in [-0.25, -0.2) is 8.42 Å². The first-order valence-corrected chi connectivity index (χ1v) is 11.9. The number of methoxy groups -OCH3 is 3. The number of benzene rings is 3. The van der Waals surface area contributed by atoms with Gasteiger partial charge in [0.15, 0.2) is 0 Å². The number of sulfonamides is 1. The van der Waals surface area contributed by atoms with Crippen molar-refractivity contribution in [2.75, 3.05) is 33.7 Å². The highest BCUT2D eigenvalue weighted by molar-refractivity contribution is 7.89. The normalized spacial score (nSPS) is 11.2. The van der Waals surface area contributed by atoms with E-state index in [4.69, 9.17) is 14.2 Å². The van der Waals surface area contributed by atoms with E-state index in [1.807, 2.05) is 6.92 Å². The Labute approximate surface area is 200 Å². The molecule has 3 aromatic carbocycles. The summed E-state index contributed by atoms with van der Waals surface area (Å²) in [7, 11) is 2.30. The summed E-state index contributed by atoms with van der Waals surface area (Å²) in [5, 5.41) is 2.82. The molecule has 9 heteroatoms. The van der Waals surface area contributed by atoms with Gasteiger partial charge in [0.05, 0.1) is 31.9 Å². The SMILES string of the molecule is COc1ccc(NC(=O)c2ccc(OC)c(CN(C)S(=O)(=O)c3ccc(C)cc3)c2)c(OC)c1. The molecule has 1 N–H and O–H groups in total. The molecule has 0 atom stereocenters. The lowest BCUT2D eigenvalue weighted by atomic mass is 10.1. The summed E-state index contributed by atoms with van der Waals surface area (Å²) in [6, 6.07) is 16.6. The first-order valence-electron chi connectivity index (χ1n) is 10.4. The van der Waals surface area contributed by atoms with Gasteiger partial charge in [-0.3, -0.25) is 4.79 Å². The van der Waals surface area contributed by atoms with Crippen molar-refractivity contribution >= 4 is 21.6 Å². The van der Waals surface area contributed by atoms with E-state index in [0.717, 1.165) is 5.56 Å². The van der Waals surface area contributed by atoms with Crippen LogP contribution in [0.3, 0.4) is 0 Å². The van der Waals surface area contributed by atoms with Crippen molar-refractivity contribution in [3.63, 3.8) is 0 Å². The van der Waals surface area contributed by atoms with Crippen LogP contribution in [0.1, 0.15) is 21.5 Å². The number of aryl methyl sites for hydroxylation is 1. The Kier molecular flexibility index (Phi) is 7.80. The molecule has 0 saturated heterocycles. The average molecular weight is 485 g/mol. The number of anilines is 1. The average Bonchev–Trinajstić information content (AvgIpc) is 2.84. The van der Waals surface area contributed by atoms with E-state index in [1.54, 1.807) is 67.8 Å². The maximum absolute atomic E-state index is 13.0. The topological polar surface area (TPSA) is 94.2 Å². The van der Waals surface area contributed by atoms with Crippen molar-refractivity contribution in [1.29, 1.82) is 0 Å². The van der Waals surface area contributed by atoms with E-state index >= 15 is 0 Å². The van der Waals surface area contributed by atoms with Gasteiger partial charge in [-0.1, -0.05) is 17.7 Å². The highest BCUT2D eigenvalue weighted by Crippen LogP contribution is 2.30. The van der Waals surface area contributed by atoms with Crippen LogP contribution in [-0.4, -0.2) is 47.0 Å². The van der Waals surface area contributed by atoms with Crippen molar-refractivity contribution in [3.8, 4) is 17.2 Å². The predicted molar refractivity (Wildman–Crippen MR) is 130 cm³/mol. The van der Waals surface area contributed by atoms with Crippen LogP contribution < -0.4 is 19.5 Å². The molecule has 0 unspecified atom stereocenters. The summed E-state index contributed by atoms with van der Waals surface area (Å²) in [6.45, 7) is 1.91. The second kappa shape index (κ2) is 10.6. The summed E-state index contributed by atoms with van der Waals surface area (Å²) in [5.41, 5.74) is 2.34. The van der Waals surface area contributed by atoms with Gasteiger partial charge in [-0.15, -0.1) is 0 Å². The van der Waals surface area contributed by atoms with Crippen LogP contribution >= 0.6 is 0 Å². The Morgan fingerprint density at radius 2 is 1.56 bits per heavy atom. The number of ether oxygens (including phenoxy) is 3. The second-order valence-corrected chi connectivity index (χ2v) is 9.67. The van der Waals surface area contributed by atoms with Crippen molar-refractivity contribution in [2.45, 2.75) is 18.4 Å². The third-order valence-corrected chi connectivity index (χ3v) is 7.14. The molecule has 0 spiro atoms. The Morgan fingerprint density at radius 3 is 2.18 bits per heavy atom. The summed E-state index contributed by atoms with van der Waals surface area (Å²) in [5.74, 6) is 1.14. The van der Waals surface area contributed by atoms with Crippen LogP contribution in [-0.2, 0) is 16.6 Å². The maximum atomic E-state index is 13.0. The maximum Gasteiger partial charge on any atom is 0.255 e. The highest BCUT2D eigenvalue weighted by Gasteiger charge is 2.23. The third kappa shape index (κ3) is 5.49. The minimum atomic E-state index is -3.73. The van der Waals surface area contributed by atoms with E-state index < -0.39 is 10.0 Å². The molecule has 0 aliphatic rings. The standard InChI is InChI=1S/C25H28N2O6S/c1-17-6-10-21(11-7-17)34(29,30)27(2)16-19-14-18(8-13-23(19)32-4)25(28)26-22-12-9-20(31-3)15-24(22)33-5/h6-15H,16H2,1-5H3,(H,26,28). The minimum Gasteiger partial charge on any atom is -0.497 e. The van der Waals surface area contributed by atoms with E-state index in [1.165, 1.54) is 25.6 Å². The molecule has 0 radical (unpaired) electrons. The predicted octanol–water partition coefficient (Wildman–Crippen LogP) is 4.09. The van der Waals surface area contributed by atoms with E-state index in [2.05, 4.69) is 5.32 Å². The summed E-state index contributed by atoms with van der Waals surface area (Å²) >= 11 is 0. The number of nitrogens with zero attached hydrogens (tertiary/aromatic N) is 1. The van der Waals surface area contributed by atoms with Crippen molar-refractivity contribution in [2.24, 2.45) is 0 Å². The van der Waals surface area contributed by atoms with Crippen molar-refractivity contribution < 1.29 is 27.4 Å². The molecule has 180 valence electrons. The smallest absolute Gasteiger partial charge is 0.255 e. The molecule has 0 aromatic heterocycles. The van der Waals surface area contributed by atoms with E-state index in [-0.39, 0.29) is 17.3 Å². The Morgan fingerprint density at radius 1 is 0.882 bits per heavy atom. The van der Waals surface area contributed by atoms with E-state index in [9.17, 15) is 13.2 Å². The van der Waals surface area contributed by atoms with Crippen LogP contribution in [0.15, 0.2) is 65.6 Å². The summed E-state index contributed by atoms with van der Waals surface area (Å²) in [4.78, 5) is 13.1. The third-order valence-electron chi connectivity index (χ3n) is 5.32. The van der Waals surface area contributed by atoms with Gasteiger partial charge >= 0.3 is 0 Å². The fraction of sp³-hybridized carbons (Fsp3) is 0.240. The van der Waals surface area contributed by atoms with Gasteiger partial charge in [0.2, 0.25) is 10.0 Å². The van der Waals surface area contributed by atoms with Crippen molar-refractivity contribution in [3.05, 3.63) is 77.4 Å². The molecule has 0 saturated carbocycles. The second-order valence-electron chi connectivity index (χ2n) is 7.62. The molecule has 1 amide bonds. The molecule has 0 heterocycles. The molecule has 0 bridgehead atoms. The number of amides is 1. The molecule has 8 nitrogen and oxygen atoms in total. The largest absolute Gasteiger partial charge is 0.497 e. The minimum absolute atomic E-state index is 0.0202. The van der Waals surface area contributed by atoms with Crippen LogP contribution in [0.4, 0.5) is 5.69 Å². The Balaban J connectivity index is 1.85. The number of carbonyl (C=O) groups is 1. The molecule has 0 fully saturated rings. The van der Waals surface area contributed by atoms with Crippen LogP contribution in [0.5, 0.6) is 17.2 Å². The zero-order valence-corrected chi connectivity index (χ0v) is 20.6.